The molecule has 1 N–H and O–H groups in total. The number of alkyl carbamates (subject to hydrolysis) is 1. The standard InChI is InChI=1S/C19H26F6N2O8/c1-12(2)14(28)32-7-6-26-15(29)33-8-17(20,21)19(24,25)18(22,23)9-34-16(30)27(10-31-5)11-35-13(3)4/h1,3,6-11H2,2,4-5H3,(H,26,29). The number of amides is 2. The van der Waals surface area contributed by atoms with E-state index in [2.05, 4.69) is 32.1 Å². The van der Waals surface area contributed by atoms with Gasteiger partial charge in [0.05, 0.1) is 12.3 Å². The number of halogens is 6. The zero-order chi connectivity index (χ0) is 27.4. The minimum absolute atomic E-state index is 0.0349. The molecule has 0 rings (SSSR count). The van der Waals surface area contributed by atoms with Crippen molar-refractivity contribution in [1.29, 1.82) is 0 Å². The third-order valence-corrected chi connectivity index (χ3v) is 3.64. The molecule has 35 heavy (non-hydrogen) atoms. The summed E-state index contributed by atoms with van der Waals surface area (Å²) in [5.74, 6) is -18.0. The minimum atomic E-state index is -6.10. The second-order valence-electron chi connectivity index (χ2n) is 6.89. The summed E-state index contributed by atoms with van der Waals surface area (Å²) < 4.78 is 105. The maximum absolute atomic E-state index is 13.9. The highest BCUT2D eigenvalue weighted by Gasteiger charge is 2.72. The van der Waals surface area contributed by atoms with Crippen LogP contribution in [0.4, 0.5) is 35.9 Å². The van der Waals surface area contributed by atoms with Crippen molar-refractivity contribution >= 4 is 18.2 Å². The summed E-state index contributed by atoms with van der Waals surface area (Å²) in [6.07, 6.45) is -3.30. The molecule has 0 radical (unpaired) electrons. The molecule has 0 heterocycles. The van der Waals surface area contributed by atoms with E-state index in [4.69, 9.17) is 4.74 Å². The summed E-state index contributed by atoms with van der Waals surface area (Å²) in [5, 5.41) is 1.79. The van der Waals surface area contributed by atoms with Gasteiger partial charge in [0.25, 0.3) is 0 Å². The molecule has 0 aliphatic carbocycles. The van der Waals surface area contributed by atoms with Crippen LogP contribution in [0.1, 0.15) is 13.8 Å². The molecular weight excluding hydrogens is 498 g/mol. The second-order valence-corrected chi connectivity index (χ2v) is 6.89. The molecule has 0 saturated heterocycles. The predicted octanol–water partition coefficient (Wildman–Crippen LogP) is 3.29. The van der Waals surface area contributed by atoms with E-state index in [0.29, 0.717) is 4.90 Å². The van der Waals surface area contributed by atoms with Gasteiger partial charge in [-0.3, -0.25) is 4.90 Å². The molecule has 0 aliphatic heterocycles. The first-order valence-electron chi connectivity index (χ1n) is 9.54. The molecule has 0 aromatic heterocycles. The van der Waals surface area contributed by atoms with E-state index in [1.54, 1.807) is 5.32 Å². The van der Waals surface area contributed by atoms with Crippen LogP contribution < -0.4 is 5.32 Å². The molecule has 0 aromatic rings. The van der Waals surface area contributed by atoms with Crippen molar-refractivity contribution in [1.82, 2.24) is 10.2 Å². The number of nitrogens with zero attached hydrogens (tertiary/aromatic N) is 1. The van der Waals surface area contributed by atoms with E-state index >= 15 is 0 Å². The second kappa shape index (κ2) is 13.7. The zero-order valence-electron chi connectivity index (χ0n) is 19.1. The molecule has 202 valence electrons. The number of nitrogens with one attached hydrogen (secondary N) is 1. The molecule has 16 heteroatoms. The maximum Gasteiger partial charge on any atom is 0.414 e. The van der Waals surface area contributed by atoms with Crippen molar-refractivity contribution in [3.8, 4) is 0 Å². The zero-order valence-corrected chi connectivity index (χ0v) is 19.1. The van der Waals surface area contributed by atoms with Crippen LogP contribution in [0.25, 0.3) is 0 Å². The fraction of sp³-hybridized carbons (Fsp3) is 0.632. The fourth-order valence-corrected chi connectivity index (χ4v) is 1.81. The summed E-state index contributed by atoms with van der Waals surface area (Å²) in [6, 6.07) is 0. The molecule has 10 nitrogen and oxygen atoms in total. The first kappa shape index (κ1) is 31.8. The van der Waals surface area contributed by atoms with Crippen molar-refractivity contribution in [3.05, 3.63) is 24.5 Å². The van der Waals surface area contributed by atoms with Gasteiger partial charge in [-0.05, 0) is 13.8 Å². The summed E-state index contributed by atoms with van der Waals surface area (Å²) >= 11 is 0. The largest absolute Gasteiger partial charge is 0.478 e. The van der Waals surface area contributed by atoms with Gasteiger partial charge in [0.15, 0.2) is 19.9 Å². The number of carbonyl (C=O) groups excluding carboxylic acids is 3. The van der Waals surface area contributed by atoms with Gasteiger partial charge >= 0.3 is 35.9 Å². The Balaban J connectivity index is 4.90. The van der Waals surface area contributed by atoms with Gasteiger partial charge in [-0.2, -0.15) is 26.3 Å². The normalized spacial score (nSPS) is 11.8. The molecular formula is C19H26F6N2O8. The van der Waals surface area contributed by atoms with Crippen LogP contribution in [0, 0.1) is 0 Å². The Bertz CT molecular complexity index is 778. The van der Waals surface area contributed by atoms with E-state index in [0.717, 1.165) is 7.11 Å². The summed E-state index contributed by atoms with van der Waals surface area (Å²) in [4.78, 5) is 34.8. The van der Waals surface area contributed by atoms with Gasteiger partial charge in [0.2, 0.25) is 0 Å². The lowest BCUT2D eigenvalue weighted by Crippen LogP contribution is -2.58. The molecule has 0 aromatic carbocycles. The molecule has 0 atom stereocenters. The van der Waals surface area contributed by atoms with Gasteiger partial charge in [0.1, 0.15) is 13.3 Å². The van der Waals surface area contributed by atoms with E-state index in [1.165, 1.54) is 13.8 Å². The van der Waals surface area contributed by atoms with Crippen molar-refractivity contribution < 1.29 is 64.4 Å². The van der Waals surface area contributed by atoms with Crippen LogP contribution in [0.15, 0.2) is 24.5 Å². The number of rotatable bonds is 15. The predicted molar refractivity (Wildman–Crippen MR) is 106 cm³/mol. The Labute approximate surface area is 196 Å². The average Bonchev–Trinajstić information content (AvgIpc) is 2.75. The van der Waals surface area contributed by atoms with Crippen molar-refractivity contribution in [3.63, 3.8) is 0 Å². The molecule has 0 fully saturated rings. The molecule has 2 amide bonds. The summed E-state index contributed by atoms with van der Waals surface area (Å²) in [6.45, 7) is 2.37. The van der Waals surface area contributed by atoms with Crippen LogP contribution in [-0.4, -0.2) is 87.8 Å². The number of allylic oxidation sites excluding steroid dienone is 1. The number of alkyl halides is 6. The summed E-state index contributed by atoms with van der Waals surface area (Å²) in [7, 11) is 1.11. The molecule has 0 aliphatic rings. The van der Waals surface area contributed by atoms with E-state index in [-0.39, 0.29) is 11.3 Å². The quantitative estimate of drug-likeness (QED) is 0.0661. The molecule has 0 saturated carbocycles. The van der Waals surface area contributed by atoms with Gasteiger partial charge in [0, 0.05) is 12.7 Å². The smallest absolute Gasteiger partial charge is 0.414 e. The first-order chi connectivity index (χ1) is 16.0. The Hall–Kier alpha value is -3.17. The number of carbonyl (C=O) groups is 3. The topological polar surface area (TPSA) is 113 Å². The average molecular weight is 524 g/mol. The Kier molecular flexibility index (Phi) is 12.4. The van der Waals surface area contributed by atoms with Crippen LogP contribution >= 0.6 is 0 Å². The highest BCUT2D eigenvalue weighted by atomic mass is 19.3. The summed E-state index contributed by atoms with van der Waals surface area (Å²) in [5.41, 5.74) is 0.0349. The van der Waals surface area contributed by atoms with Crippen LogP contribution in [-0.2, 0) is 28.5 Å². The lowest BCUT2D eigenvalue weighted by atomic mass is 10.1. The van der Waals surface area contributed by atoms with Crippen LogP contribution in [0.3, 0.4) is 0 Å². The van der Waals surface area contributed by atoms with E-state index < -0.39 is 75.8 Å². The van der Waals surface area contributed by atoms with Gasteiger partial charge in [-0.15, -0.1) is 0 Å². The van der Waals surface area contributed by atoms with Gasteiger partial charge < -0.3 is 29.0 Å². The lowest BCUT2D eigenvalue weighted by Gasteiger charge is -2.32. The monoisotopic (exact) mass is 524 g/mol. The SMILES string of the molecule is C=C(C)OCN(COC)C(=O)OCC(F)(F)C(F)(F)C(F)(F)COC(=O)NCCOC(=O)C(=C)C. The third-order valence-electron chi connectivity index (χ3n) is 3.64. The Morgan fingerprint density at radius 1 is 0.857 bits per heavy atom. The fourth-order valence-electron chi connectivity index (χ4n) is 1.81. The first-order valence-corrected chi connectivity index (χ1v) is 9.54. The Morgan fingerprint density at radius 3 is 1.89 bits per heavy atom. The Morgan fingerprint density at radius 2 is 1.40 bits per heavy atom. The van der Waals surface area contributed by atoms with Crippen molar-refractivity contribution in [2.45, 2.75) is 31.6 Å². The highest BCUT2D eigenvalue weighted by Crippen LogP contribution is 2.46. The van der Waals surface area contributed by atoms with Crippen molar-refractivity contribution in [2.75, 3.05) is 46.9 Å². The van der Waals surface area contributed by atoms with Gasteiger partial charge in [-0.1, -0.05) is 13.2 Å². The number of hydrogen-bond acceptors (Lipinski definition) is 8. The van der Waals surface area contributed by atoms with Crippen LogP contribution in [0.5, 0.6) is 0 Å². The third kappa shape index (κ3) is 10.3. The molecule has 0 spiro atoms. The highest BCUT2D eigenvalue weighted by molar-refractivity contribution is 5.86. The molecule has 0 bridgehead atoms. The number of hydrogen-bond donors (Lipinski definition) is 1. The van der Waals surface area contributed by atoms with E-state index in [1.807, 2.05) is 0 Å². The van der Waals surface area contributed by atoms with E-state index in [9.17, 15) is 40.7 Å². The number of ether oxygens (including phenoxy) is 5. The number of methoxy groups -OCH3 is 1. The maximum atomic E-state index is 13.9. The number of esters is 1. The van der Waals surface area contributed by atoms with Gasteiger partial charge in [-0.25, -0.2) is 14.4 Å². The molecule has 0 unspecified atom stereocenters. The lowest BCUT2D eigenvalue weighted by molar-refractivity contribution is -0.323. The minimum Gasteiger partial charge on any atom is -0.478 e. The van der Waals surface area contributed by atoms with Crippen LogP contribution in [0.2, 0.25) is 0 Å². The van der Waals surface area contributed by atoms with Crippen molar-refractivity contribution in [2.24, 2.45) is 0 Å².